The third-order valence-electron chi connectivity index (χ3n) is 4.73. The molecule has 6 nitrogen and oxygen atoms in total. The molecule has 144 valence electrons. The van der Waals surface area contributed by atoms with Crippen LogP contribution >= 0.6 is 0 Å². The molecule has 4 aromatic rings. The van der Waals surface area contributed by atoms with Crippen molar-refractivity contribution in [2.75, 3.05) is 30.3 Å². The maximum atomic E-state index is 12.0. The highest BCUT2D eigenvalue weighted by Gasteiger charge is 2.12. The summed E-state index contributed by atoms with van der Waals surface area (Å²) < 4.78 is 6.19. The molecule has 4 N–H and O–H groups in total. The van der Waals surface area contributed by atoms with E-state index in [1.165, 1.54) is 0 Å². The van der Waals surface area contributed by atoms with Crippen molar-refractivity contribution in [3.8, 4) is 0 Å². The number of rotatable bonds is 7. The Bertz CT molecular complexity index is 1200. The van der Waals surface area contributed by atoms with Crippen LogP contribution in [0.5, 0.6) is 0 Å². The molecule has 0 unspecified atom stereocenters. The van der Waals surface area contributed by atoms with Crippen LogP contribution in [-0.2, 0) is 0 Å². The van der Waals surface area contributed by atoms with Crippen LogP contribution in [0.2, 0.25) is 0 Å². The van der Waals surface area contributed by atoms with Crippen molar-refractivity contribution in [2.45, 2.75) is 19.8 Å². The van der Waals surface area contributed by atoms with E-state index in [0.29, 0.717) is 23.2 Å². The molecular formula is C22H24N4O2. The van der Waals surface area contributed by atoms with Gasteiger partial charge < -0.3 is 20.8 Å². The van der Waals surface area contributed by atoms with Crippen LogP contribution in [-0.4, -0.2) is 24.6 Å². The number of fused-ring (bicyclic) bond motifs is 4. The Balaban J connectivity index is 1.89. The quantitative estimate of drug-likeness (QED) is 0.256. The topological polar surface area (TPSA) is 93.2 Å². The molecule has 0 bridgehead atoms. The maximum Gasteiger partial charge on any atom is 0.179 e. The largest absolute Gasteiger partial charge is 0.453 e. The average molecular weight is 376 g/mol. The fourth-order valence-electron chi connectivity index (χ4n) is 3.34. The van der Waals surface area contributed by atoms with Crippen molar-refractivity contribution >= 4 is 44.3 Å². The van der Waals surface area contributed by atoms with Crippen LogP contribution in [0, 0.1) is 0 Å². The SMILES string of the molecule is CCCNc1cc2oc3cc(NCCCN)ccc3nc2c2cc(=O)ccc12. The van der Waals surface area contributed by atoms with E-state index in [0.717, 1.165) is 53.6 Å². The molecule has 0 saturated carbocycles. The van der Waals surface area contributed by atoms with Gasteiger partial charge in [-0.05, 0) is 49.7 Å². The van der Waals surface area contributed by atoms with Crippen molar-refractivity contribution in [1.82, 2.24) is 4.98 Å². The van der Waals surface area contributed by atoms with Gasteiger partial charge in [0, 0.05) is 47.4 Å². The molecule has 3 aromatic carbocycles. The Morgan fingerprint density at radius 2 is 1.89 bits per heavy atom. The molecule has 0 aliphatic carbocycles. The molecule has 0 atom stereocenters. The fraction of sp³-hybridized carbons (Fsp3) is 0.273. The zero-order valence-corrected chi connectivity index (χ0v) is 15.9. The average Bonchev–Trinajstić information content (AvgIpc) is 2.70. The molecule has 0 amide bonds. The summed E-state index contributed by atoms with van der Waals surface area (Å²) in [6, 6.07) is 12.9. The highest BCUT2D eigenvalue weighted by molar-refractivity contribution is 6.10. The normalized spacial score (nSPS) is 11.4. The third-order valence-corrected chi connectivity index (χ3v) is 4.73. The molecule has 0 spiro atoms. The van der Waals surface area contributed by atoms with Crippen molar-refractivity contribution in [3.63, 3.8) is 0 Å². The summed E-state index contributed by atoms with van der Waals surface area (Å²) in [6.07, 6.45) is 1.91. The second-order valence-corrected chi connectivity index (χ2v) is 6.87. The van der Waals surface area contributed by atoms with Crippen LogP contribution < -0.4 is 21.8 Å². The van der Waals surface area contributed by atoms with Gasteiger partial charge in [-0.25, -0.2) is 4.98 Å². The molecule has 1 heterocycles. The monoisotopic (exact) mass is 376 g/mol. The Morgan fingerprint density at radius 1 is 1.00 bits per heavy atom. The van der Waals surface area contributed by atoms with E-state index >= 15 is 0 Å². The van der Waals surface area contributed by atoms with Gasteiger partial charge in [-0.15, -0.1) is 0 Å². The smallest absolute Gasteiger partial charge is 0.179 e. The summed E-state index contributed by atoms with van der Waals surface area (Å²) in [6.45, 7) is 4.42. The number of anilines is 2. The van der Waals surface area contributed by atoms with Gasteiger partial charge in [0.1, 0.15) is 11.0 Å². The van der Waals surface area contributed by atoms with Crippen molar-refractivity contribution in [1.29, 1.82) is 0 Å². The number of aromatic nitrogens is 1. The third kappa shape index (κ3) is 3.51. The number of benzene rings is 3. The lowest BCUT2D eigenvalue weighted by Gasteiger charge is -2.12. The molecule has 6 heteroatoms. The summed E-state index contributed by atoms with van der Waals surface area (Å²) >= 11 is 0. The first kappa shape index (κ1) is 18.3. The molecule has 1 aromatic heterocycles. The zero-order chi connectivity index (χ0) is 19.5. The molecule has 0 saturated heterocycles. The van der Waals surface area contributed by atoms with Gasteiger partial charge in [-0.2, -0.15) is 0 Å². The van der Waals surface area contributed by atoms with E-state index in [1.54, 1.807) is 12.1 Å². The minimum Gasteiger partial charge on any atom is -0.453 e. The van der Waals surface area contributed by atoms with E-state index in [2.05, 4.69) is 17.6 Å². The lowest BCUT2D eigenvalue weighted by molar-refractivity contribution is 0.657. The van der Waals surface area contributed by atoms with E-state index in [4.69, 9.17) is 15.1 Å². The molecule has 0 radical (unpaired) electrons. The minimum absolute atomic E-state index is 0.0391. The van der Waals surface area contributed by atoms with Crippen molar-refractivity contribution in [2.24, 2.45) is 5.73 Å². The Morgan fingerprint density at radius 3 is 2.71 bits per heavy atom. The van der Waals surface area contributed by atoms with Gasteiger partial charge in [0.15, 0.2) is 16.6 Å². The number of hydrogen-bond donors (Lipinski definition) is 3. The highest BCUT2D eigenvalue weighted by Crippen LogP contribution is 2.32. The molecular weight excluding hydrogens is 352 g/mol. The Labute approximate surface area is 162 Å². The molecule has 0 aliphatic heterocycles. The summed E-state index contributed by atoms with van der Waals surface area (Å²) in [5, 5.41) is 8.55. The van der Waals surface area contributed by atoms with E-state index in [1.807, 2.05) is 30.3 Å². The molecule has 0 aliphatic rings. The molecule has 28 heavy (non-hydrogen) atoms. The van der Waals surface area contributed by atoms with Crippen molar-refractivity contribution < 1.29 is 4.42 Å². The summed E-state index contributed by atoms with van der Waals surface area (Å²) in [5.41, 5.74) is 10.2. The first-order valence-corrected chi connectivity index (χ1v) is 9.69. The highest BCUT2D eigenvalue weighted by atomic mass is 16.3. The van der Waals surface area contributed by atoms with Gasteiger partial charge in [0.25, 0.3) is 0 Å². The second kappa shape index (κ2) is 7.86. The number of nitrogens with two attached hydrogens (primary N) is 1. The van der Waals surface area contributed by atoms with Crippen LogP contribution in [0.1, 0.15) is 19.8 Å². The Hall–Kier alpha value is -3.12. The standard InChI is InChI=1S/C22H24N4O2/c1-2-9-25-19-13-21-22(17-12-15(27)5-6-16(17)19)26-18-7-4-14(11-20(18)28-21)24-10-3-8-23/h4-7,11-13,24-25H,2-3,8-10,23H2,1H3. The predicted molar refractivity (Wildman–Crippen MR) is 116 cm³/mol. The van der Waals surface area contributed by atoms with Crippen LogP contribution in [0.15, 0.2) is 51.7 Å². The first-order valence-electron chi connectivity index (χ1n) is 9.69. The zero-order valence-electron chi connectivity index (χ0n) is 15.9. The van der Waals surface area contributed by atoms with Gasteiger partial charge >= 0.3 is 0 Å². The second-order valence-electron chi connectivity index (χ2n) is 6.87. The predicted octanol–water partition coefficient (Wildman–Crippen LogP) is 4.08. The summed E-state index contributed by atoms with van der Waals surface area (Å²) in [7, 11) is 0. The fourth-order valence-corrected chi connectivity index (χ4v) is 3.34. The number of nitrogens with one attached hydrogen (secondary N) is 2. The van der Waals surface area contributed by atoms with Crippen LogP contribution in [0.3, 0.4) is 0 Å². The lowest BCUT2D eigenvalue weighted by Crippen LogP contribution is -2.08. The van der Waals surface area contributed by atoms with Gasteiger partial charge in [-0.3, -0.25) is 4.79 Å². The molecule has 4 rings (SSSR count). The van der Waals surface area contributed by atoms with Crippen LogP contribution in [0.25, 0.3) is 33.0 Å². The van der Waals surface area contributed by atoms with Gasteiger partial charge in [0.05, 0.1) is 0 Å². The molecule has 0 fully saturated rings. The Kier molecular flexibility index (Phi) is 5.12. The van der Waals surface area contributed by atoms with Gasteiger partial charge in [-0.1, -0.05) is 6.92 Å². The maximum absolute atomic E-state index is 12.0. The lowest BCUT2D eigenvalue weighted by atomic mass is 10.1. The van der Waals surface area contributed by atoms with Gasteiger partial charge in [0.2, 0.25) is 0 Å². The summed E-state index contributed by atoms with van der Waals surface area (Å²) in [5.74, 6) is 0. The van der Waals surface area contributed by atoms with Crippen molar-refractivity contribution in [3.05, 3.63) is 52.7 Å². The number of nitrogens with zero attached hydrogens (tertiary/aromatic N) is 1. The van der Waals surface area contributed by atoms with E-state index in [-0.39, 0.29) is 5.43 Å². The number of hydrogen-bond acceptors (Lipinski definition) is 6. The van der Waals surface area contributed by atoms with Crippen LogP contribution in [0.4, 0.5) is 11.4 Å². The van der Waals surface area contributed by atoms with E-state index < -0.39 is 0 Å². The minimum atomic E-state index is -0.0391. The summed E-state index contributed by atoms with van der Waals surface area (Å²) in [4.78, 5) is 16.8. The van der Waals surface area contributed by atoms with E-state index in [9.17, 15) is 4.79 Å². The first-order chi connectivity index (χ1) is 13.7.